The average Bonchev–Trinajstić information content (AvgIpc) is 2.77. The van der Waals surface area contributed by atoms with Gasteiger partial charge in [-0.25, -0.2) is 9.18 Å². The number of imide groups is 1. The number of amides is 4. The first-order valence-electron chi connectivity index (χ1n) is 8.10. The van der Waals surface area contributed by atoms with Crippen molar-refractivity contribution in [3.8, 4) is 0 Å². The van der Waals surface area contributed by atoms with Crippen LogP contribution in [0.1, 0.15) is 38.2 Å². The van der Waals surface area contributed by atoms with Crippen molar-refractivity contribution < 1.29 is 18.8 Å². The van der Waals surface area contributed by atoms with Gasteiger partial charge in [0.1, 0.15) is 11.4 Å². The summed E-state index contributed by atoms with van der Waals surface area (Å²) in [6.07, 6.45) is 2.86. The van der Waals surface area contributed by atoms with E-state index in [0.717, 1.165) is 17.9 Å². The molecule has 128 valence electrons. The van der Waals surface area contributed by atoms with Gasteiger partial charge in [0.05, 0.1) is 6.42 Å². The lowest BCUT2D eigenvalue weighted by atomic mass is 9.77. The lowest BCUT2D eigenvalue weighted by Crippen LogP contribution is -2.51. The molecule has 0 radical (unpaired) electrons. The Hall–Kier alpha value is -2.44. The van der Waals surface area contributed by atoms with E-state index >= 15 is 0 Å². The molecule has 1 spiro atoms. The van der Waals surface area contributed by atoms with Crippen molar-refractivity contribution in [3.05, 3.63) is 35.6 Å². The maximum Gasteiger partial charge on any atom is 0.344 e. The van der Waals surface area contributed by atoms with Gasteiger partial charge in [-0.3, -0.25) is 15.0 Å². The Morgan fingerprint density at radius 2 is 1.92 bits per heavy atom. The molecule has 1 aliphatic carbocycles. The lowest BCUT2D eigenvalue weighted by molar-refractivity contribution is -0.139. The first-order valence-corrected chi connectivity index (χ1v) is 8.10. The Morgan fingerprint density at radius 3 is 2.54 bits per heavy atom. The molecule has 1 saturated carbocycles. The molecule has 2 N–H and O–H groups in total. The minimum atomic E-state index is -0.882. The second kappa shape index (κ2) is 6.22. The second-order valence-corrected chi connectivity index (χ2v) is 6.67. The quantitative estimate of drug-likeness (QED) is 0.829. The number of hydrogen-bond acceptors (Lipinski definition) is 3. The normalized spacial score (nSPS) is 26.6. The first kappa shape index (κ1) is 16.4. The van der Waals surface area contributed by atoms with Crippen LogP contribution in [0.4, 0.5) is 9.18 Å². The van der Waals surface area contributed by atoms with E-state index in [1.165, 1.54) is 24.3 Å². The number of rotatable bonds is 3. The minimum Gasteiger partial charge on any atom is -0.322 e. The van der Waals surface area contributed by atoms with Crippen LogP contribution in [-0.2, 0) is 16.0 Å². The first-order chi connectivity index (χ1) is 11.4. The van der Waals surface area contributed by atoms with E-state index in [9.17, 15) is 18.8 Å². The topological polar surface area (TPSA) is 78.5 Å². The SMILES string of the molecule is CC1CCC2(CC1)NC(=O)N(NC(=O)Cc1ccc(F)cc1)C2=O. The molecule has 0 aromatic heterocycles. The van der Waals surface area contributed by atoms with Crippen molar-refractivity contribution in [1.29, 1.82) is 0 Å². The molecule has 2 aliphatic rings. The van der Waals surface area contributed by atoms with Crippen LogP contribution in [0.25, 0.3) is 0 Å². The Morgan fingerprint density at radius 1 is 1.29 bits per heavy atom. The summed E-state index contributed by atoms with van der Waals surface area (Å²) >= 11 is 0. The highest BCUT2D eigenvalue weighted by atomic mass is 19.1. The van der Waals surface area contributed by atoms with Crippen LogP contribution in [0.2, 0.25) is 0 Å². The standard InChI is InChI=1S/C17H20FN3O3/c1-11-6-8-17(9-7-11)15(23)21(16(24)19-17)20-14(22)10-12-2-4-13(18)5-3-12/h2-5,11H,6-10H2,1H3,(H,19,24)(H,20,22). The van der Waals surface area contributed by atoms with Crippen LogP contribution in [-0.4, -0.2) is 28.4 Å². The van der Waals surface area contributed by atoms with Crippen molar-refractivity contribution in [2.45, 2.75) is 44.6 Å². The monoisotopic (exact) mass is 333 g/mol. The molecule has 4 amide bonds. The van der Waals surface area contributed by atoms with Crippen molar-refractivity contribution in [2.75, 3.05) is 0 Å². The van der Waals surface area contributed by atoms with Gasteiger partial charge in [-0.15, -0.1) is 0 Å². The van der Waals surface area contributed by atoms with Gasteiger partial charge in [0.2, 0.25) is 5.91 Å². The van der Waals surface area contributed by atoms with E-state index in [-0.39, 0.29) is 12.2 Å². The van der Waals surface area contributed by atoms with Crippen LogP contribution in [0.3, 0.4) is 0 Å². The molecule has 1 heterocycles. The van der Waals surface area contributed by atoms with Gasteiger partial charge in [-0.1, -0.05) is 19.1 Å². The highest BCUT2D eigenvalue weighted by Crippen LogP contribution is 2.35. The zero-order valence-electron chi connectivity index (χ0n) is 13.5. The van der Waals surface area contributed by atoms with Crippen molar-refractivity contribution in [3.63, 3.8) is 0 Å². The Balaban J connectivity index is 1.64. The summed E-state index contributed by atoms with van der Waals surface area (Å²) in [5.41, 5.74) is 2.08. The molecule has 6 nitrogen and oxygen atoms in total. The smallest absolute Gasteiger partial charge is 0.322 e. The van der Waals surface area contributed by atoms with E-state index in [1.807, 2.05) is 0 Å². The summed E-state index contributed by atoms with van der Waals surface area (Å²) in [5.74, 6) is -0.748. The predicted octanol–water partition coefficient (Wildman–Crippen LogP) is 1.90. The molecule has 1 aliphatic heterocycles. The molecule has 24 heavy (non-hydrogen) atoms. The number of nitrogens with zero attached hydrogens (tertiary/aromatic N) is 1. The number of nitrogens with one attached hydrogen (secondary N) is 2. The third kappa shape index (κ3) is 3.11. The van der Waals surface area contributed by atoms with Crippen molar-refractivity contribution >= 4 is 17.8 Å². The highest BCUT2D eigenvalue weighted by molar-refractivity contribution is 6.08. The molecule has 3 rings (SSSR count). The van der Waals surface area contributed by atoms with Gasteiger partial charge in [0, 0.05) is 0 Å². The van der Waals surface area contributed by atoms with Crippen molar-refractivity contribution in [2.24, 2.45) is 5.92 Å². The maximum atomic E-state index is 12.9. The molecule has 1 aromatic carbocycles. The lowest BCUT2D eigenvalue weighted by Gasteiger charge is -2.33. The molecular formula is C17H20FN3O3. The number of carbonyl (C=O) groups excluding carboxylic acids is 3. The molecule has 0 bridgehead atoms. The van der Waals surface area contributed by atoms with Crippen LogP contribution in [0, 0.1) is 11.7 Å². The summed E-state index contributed by atoms with van der Waals surface area (Å²) in [6.45, 7) is 2.12. The number of halogens is 1. The maximum absolute atomic E-state index is 12.9. The van der Waals surface area contributed by atoms with Gasteiger partial charge < -0.3 is 5.32 Å². The second-order valence-electron chi connectivity index (χ2n) is 6.67. The fourth-order valence-electron chi connectivity index (χ4n) is 3.27. The summed E-state index contributed by atoms with van der Waals surface area (Å²) < 4.78 is 12.9. The van der Waals surface area contributed by atoms with E-state index in [1.54, 1.807) is 0 Å². The molecule has 0 unspecified atom stereocenters. The summed E-state index contributed by atoms with van der Waals surface area (Å²) in [7, 11) is 0. The number of hydrogen-bond donors (Lipinski definition) is 2. The summed E-state index contributed by atoms with van der Waals surface area (Å²) in [5, 5.41) is 3.52. The van der Waals surface area contributed by atoms with E-state index < -0.39 is 23.4 Å². The Labute approximate surface area is 139 Å². The number of hydrazine groups is 1. The highest BCUT2D eigenvalue weighted by Gasteiger charge is 2.52. The zero-order chi connectivity index (χ0) is 17.3. The van der Waals surface area contributed by atoms with Crippen molar-refractivity contribution in [1.82, 2.24) is 15.8 Å². The third-order valence-electron chi connectivity index (χ3n) is 4.80. The third-order valence-corrected chi connectivity index (χ3v) is 4.80. The van der Waals surface area contributed by atoms with Crippen LogP contribution in [0.15, 0.2) is 24.3 Å². The summed E-state index contributed by atoms with van der Waals surface area (Å²) in [6, 6.07) is 4.90. The molecule has 1 aromatic rings. The number of carbonyl (C=O) groups is 3. The largest absolute Gasteiger partial charge is 0.344 e. The van der Waals surface area contributed by atoms with Gasteiger partial charge >= 0.3 is 6.03 Å². The zero-order valence-corrected chi connectivity index (χ0v) is 13.5. The number of benzene rings is 1. The van der Waals surface area contributed by atoms with Gasteiger partial charge in [0.15, 0.2) is 0 Å². The number of urea groups is 1. The minimum absolute atomic E-state index is 0.0403. The molecular weight excluding hydrogens is 313 g/mol. The van der Waals surface area contributed by atoms with E-state index in [2.05, 4.69) is 17.7 Å². The van der Waals surface area contributed by atoms with Crippen LogP contribution in [0.5, 0.6) is 0 Å². The molecule has 1 saturated heterocycles. The van der Waals surface area contributed by atoms with Crippen LogP contribution < -0.4 is 10.7 Å². The fraction of sp³-hybridized carbons (Fsp3) is 0.471. The van der Waals surface area contributed by atoms with Gasteiger partial charge in [0.25, 0.3) is 5.91 Å². The van der Waals surface area contributed by atoms with Crippen LogP contribution >= 0.6 is 0 Å². The molecule has 7 heteroatoms. The predicted molar refractivity (Wildman–Crippen MR) is 84.0 cm³/mol. The van der Waals surface area contributed by atoms with E-state index in [4.69, 9.17) is 0 Å². The summed E-state index contributed by atoms with van der Waals surface area (Å²) in [4.78, 5) is 36.8. The van der Waals surface area contributed by atoms with E-state index in [0.29, 0.717) is 24.3 Å². The molecule has 2 fully saturated rings. The van der Waals surface area contributed by atoms with Gasteiger partial charge in [-0.2, -0.15) is 5.01 Å². The van der Waals surface area contributed by atoms with Gasteiger partial charge in [-0.05, 0) is 49.3 Å². The Kier molecular flexibility index (Phi) is 4.26. The average molecular weight is 333 g/mol. The fourth-order valence-corrected chi connectivity index (χ4v) is 3.27. The Bertz CT molecular complexity index is 666. The molecule has 0 atom stereocenters.